The molecule has 1 aromatic heterocycles. The van der Waals surface area contributed by atoms with Crippen molar-refractivity contribution in [2.75, 3.05) is 5.73 Å². The minimum Gasteiger partial charge on any atom is -0.453 e. The third kappa shape index (κ3) is 3.52. The quantitative estimate of drug-likeness (QED) is 0.841. The summed E-state index contributed by atoms with van der Waals surface area (Å²) >= 11 is 12.2. The molecule has 0 saturated carbocycles. The molecule has 0 aliphatic rings. The number of halogens is 2. The summed E-state index contributed by atoms with van der Waals surface area (Å²) in [4.78, 5) is 11.8. The van der Waals surface area contributed by atoms with E-state index in [1.165, 1.54) is 6.07 Å². The fourth-order valence-electron chi connectivity index (χ4n) is 1.88. The van der Waals surface area contributed by atoms with Crippen LogP contribution >= 0.6 is 23.2 Å². The first-order chi connectivity index (χ1) is 9.92. The first kappa shape index (κ1) is 15.7. The lowest BCUT2D eigenvalue weighted by Gasteiger charge is -2.15. The summed E-state index contributed by atoms with van der Waals surface area (Å²) in [6.07, 6.45) is 2.49. The van der Waals surface area contributed by atoms with Crippen molar-refractivity contribution in [3.8, 4) is 11.5 Å². The molecular formula is C15H16Cl2N2O2. The van der Waals surface area contributed by atoms with Gasteiger partial charge in [-0.25, -0.2) is 0 Å². The molecule has 6 heteroatoms. The van der Waals surface area contributed by atoms with E-state index >= 15 is 0 Å². The summed E-state index contributed by atoms with van der Waals surface area (Å²) in [5, 5.41) is 0.641. The molecule has 0 aliphatic heterocycles. The average Bonchev–Trinajstić information content (AvgIpc) is 2.43. The van der Waals surface area contributed by atoms with Crippen molar-refractivity contribution in [2.45, 2.75) is 26.3 Å². The van der Waals surface area contributed by atoms with Gasteiger partial charge in [-0.15, -0.1) is 0 Å². The zero-order chi connectivity index (χ0) is 15.6. The van der Waals surface area contributed by atoms with E-state index in [1.807, 2.05) is 13.8 Å². The lowest BCUT2D eigenvalue weighted by atomic mass is 10.2. The van der Waals surface area contributed by atoms with Gasteiger partial charge in [0.25, 0.3) is 5.56 Å². The fraction of sp³-hybridized carbons (Fsp3) is 0.267. The molecule has 0 radical (unpaired) electrons. The van der Waals surface area contributed by atoms with Gasteiger partial charge in [-0.3, -0.25) is 4.79 Å². The maximum atomic E-state index is 11.8. The largest absolute Gasteiger partial charge is 0.453 e. The summed E-state index contributed by atoms with van der Waals surface area (Å²) in [5.74, 6) is 0.811. The molecule has 112 valence electrons. The first-order valence-electron chi connectivity index (χ1n) is 6.57. The number of hydrogen-bond donors (Lipinski definition) is 1. The van der Waals surface area contributed by atoms with Crippen molar-refractivity contribution in [3.63, 3.8) is 0 Å². The number of hydrogen-bond acceptors (Lipinski definition) is 3. The summed E-state index contributed by atoms with van der Waals surface area (Å²) in [7, 11) is 0. The molecule has 0 bridgehead atoms. The molecule has 0 amide bonds. The van der Waals surface area contributed by atoms with Crippen LogP contribution in [-0.4, -0.2) is 4.57 Å². The summed E-state index contributed by atoms with van der Waals surface area (Å²) in [5.41, 5.74) is 6.04. The Morgan fingerprint density at radius 2 is 1.90 bits per heavy atom. The number of anilines is 1. The van der Waals surface area contributed by atoms with Gasteiger partial charge in [-0.1, -0.05) is 30.1 Å². The van der Waals surface area contributed by atoms with Gasteiger partial charge in [0.2, 0.25) is 0 Å². The molecule has 1 heterocycles. The normalized spacial score (nSPS) is 12.2. The van der Waals surface area contributed by atoms with E-state index in [0.29, 0.717) is 27.2 Å². The van der Waals surface area contributed by atoms with E-state index in [2.05, 4.69) is 0 Å². The second kappa shape index (κ2) is 6.41. The van der Waals surface area contributed by atoms with Crippen molar-refractivity contribution in [2.24, 2.45) is 0 Å². The van der Waals surface area contributed by atoms with Crippen LogP contribution in [0.1, 0.15) is 26.3 Å². The van der Waals surface area contributed by atoms with Crippen LogP contribution in [0.3, 0.4) is 0 Å². The molecule has 0 aliphatic carbocycles. The number of benzene rings is 1. The Labute approximate surface area is 133 Å². The monoisotopic (exact) mass is 326 g/mol. The number of ether oxygens (including phenoxy) is 1. The van der Waals surface area contributed by atoms with Crippen molar-refractivity contribution < 1.29 is 4.74 Å². The second-order valence-electron chi connectivity index (χ2n) is 4.78. The van der Waals surface area contributed by atoms with Crippen LogP contribution in [0.4, 0.5) is 5.69 Å². The van der Waals surface area contributed by atoms with Gasteiger partial charge in [0.05, 0.1) is 16.2 Å². The number of nitrogens with two attached hydrogens (primary N) is 1. The maximum absolute atomic E-state index is 11.8. The molecular weight excluding hydrogens is 311 g/mol. The number of rotatable bonds is 4. The lowest BCUT2D eigenvalue weighted by molar-refractivity contribution is 0.455. The van der Waals surface area contributed by atoms with E-state index in [1.54, 1.807) is 29.0 Å². The molecule has 2 aromatic rings. The van der Waals surface area contributed by atoms with Gasteiger partial charge < -0.3 is 15.0 Å². The lowest BCUT2D eigenvalue weighted by Crippen LogP contribution is -2.21. The Kier molecular flexibility index (Phi) is 4.80. The van der Waals surface area contributed by atoms with Crippen LogP contribution in [-0.2, 0) is 0 Å². The van der Waals surface area contributed by atoms with Crippen molar-refractivity contribution in [1.82, 2.24) is 4.57 Å². The summed E-state index contributed by atoms with van der Waals surface area (Å²) < 4.78 is 7.33. The Hall–Kier alpha value is -1.65. The molecule has 2 N–H and O–H groups in total. The highest BCUT2D eigenvalue weighted by molar-refractivity contribution is 6.37. The van der Waals surface area contributed by atoms with Crippen LogP contribution in [0.5, 0.6) is 11.5 Å². The molecule has 2 rings (SSSR count). The van der Waals surface area contributed by atoms with E-state index < -0.39 is 0 Å². The Morgan fingerprint density at radius 3 is 2.48 bits per heavy atom. The minimum absolute atomic E-state index is 0.0776. The maximum Gasteiger partial charge on any atom is 0.251 e. The average molecular weight is 327 g/mol. The van der Waals surface area contributed by atoms with Crippen LogP contribution in [0.15, 0.2) is 35.3 Å². The highest BCUT2D eigenvalue weighted by Gasteiger charge is 2.12. The summed E-state index contributed by atoms with van der Waals surface area (Å²) in [6, 6.07) is 6.25. The Bertz CT molecular complexity index is 690. The van der Waals surface area contributed by atoms with Crippen molar-refractivity contribution in [1.29, 1.82) is 0 Å². The fourth-order valence-corrected chi connectivity index (χ4v) is 2.46. The topological polar surface area (TPSA) is 57.2 Å². The molecule has 1 atom stereocenters. The third-order valence-electron chi connectivity index (χ3n) is 3.22. The molecule has 21 heavy (non-hydrogen) atoms. The van der Waals surface area contributed by atoms with Gasteiger partial charge in [0, 0.05) is 17.8 Å². The van der Waals surface area contributed by atoms with E-state index in [-0.39, 0.29) is 11.6 Å². The van der Waals surface area contributed by atoms with E-state index in [0.717, 1.165) is 6.42 Å². The van der Waals surface area contributed by atoms with Gasteiger partial charge in [0.15, 0.2) is 5.75 Å². The molecule has 0 saturated heterocycles. The number of pyridine rings is 1. The first-order valence-corrected chi connectivity index (χ1v) is 7.32. The van der Waals surface area contributed by atoms with Crippen LogP contribution in [0.25, 0.3) is 0 Å². The van der Waals surface area contributed by atoms with Crippen LogP contribution < -0.4 is 16.0 Å². The molecule has 0 fully saturated rings. The standard InChI is InChI=1S/C15H16Cl2N2O2/c1-3-9(2)19-8-11(4-5-14(19)20)21-15-12(16)6-10(18)7-13(15)17/h4-9H,3,18H2,1-2H3. The minimum atomic E-state index is -0.0776. The zero-order valence-corrected chi connectivity index (χ0v) is 13.3. The van der Waals surface area contributed by atoms with Gasteiger partial charge >= 0.3 is 0 Å². The zero-order valence-electron chi connectivity index (χ0n) is 11.8. The number of nitrogens with zero attached hydrogens (tertiary/aromatic N) is 1. The van der Waals surface area contributed by atoms with Gasteiger partial charge in [-0.2, -0.15) is 0 Å². The highest BCUT2D eigenvalue weighted by atomic mass is 35.5. The molecule has 1 unspecified atom stereocenters. The van der Waals surface area contributed by atoms with E-state index in [4.69, 9.17) is 33.7 Å². The smallest absolute Gasteiger partial charge is 0.251 e. The predicted octanol–water partition coefficient (Wildman–Crippen LogP) is 4.50. The Balaban J connectivity index is 2.39. The van der Waals surface area contributed by atoms with E-state index in [9.17, 15) is 4.79 Å². The number of nitrogen functional groups attached to an aromatic ring is 1. The van der Waals surface area contributed by atoms with Gasteiger partial charge in [-0.05, 0) is 31.5 Å². The third-order valence-corrected chi connectivity index (χ3v) is 3.78. The van der Waals surface area contributed by atoms with Crippen molar-refractivity contribution >= 4 is 28.9 Å². The van der Waals surface area contributed by atoms with Gasteiger partial charge in [0.1, 0.15) is 5.75 Å². The van der Waals surface area contributed by atoms with Crippen molar-refractivity contribution in [3.05, 3.63) is 50.9 Å². The molecule has 0 spiro atoms. The second-order valence-corrected chi connectivity index (χ2v) is 5.60. The van der Waals surface area contributed by atoms with Crippen LogP contribution in [0.2, 0.25) is 10.0 Å². The van der Waals surface area contributed by atoms with Crippen LogP contribution in [0, 0.1) is 0 Å². The Morgan fingerprint density at radius 1 is 1.29 bits per heavy atom. The number of aromatic nitrogens is 1. The molecule has 1 aromatic carbocycles. The highest BCUT2D eigenvalue weighted by Crippen LogP contribution is 2.37. The summed E-state index contributed by atoms with van der Waals surface area (Å²) in [6.45, 7) is 3.98. The predicted molar refractivity (Wildman–Crippen MR) is 86.7 cm³/mol. The SMILES string of the molecule is CCC(C)n1cc(Oc2c(Cl)cc(N)cc2Cl)ccc1=O. The molecule has 4 nitrogen and oxygen atoms in total.